The number of likely N-dealkylation sites (N-methyl/N-ethyl adjacent to an activating group) is 1. The molecular weight excluding hydrogens is 446 g/mol. The molecule has 4 rings (SSSR count). The molecule has 0 aromatic heterocycles. The number of nitrogens with one attached hydrogen (secondary N) is 1. The number of amides is 2. The van der Waals surface area contributed by atoms with E-state index >= 15 is 0 Å². The van der Waals surface area contributed by atoms with Crippen molar-refractivity contribution in [3.8, 4) is 0 Å². The van der Waals surface area contributed by atoms with E-state index in [0.29, 0.717) is 39.7 Å². The summed E-state index contributed by atoms with van der Waals surface area (Å²) in [4.78, 5) is 31.4. The van der Waals surface area contributed by atoms with Crippen LogP contribution in [0.2, 0.25) is 0 Å². The Morgan fingerprint density at radius 2 is 1.65 bits per heavy atom. The van der Waals surface area contributed by atoms with E-state index in [4.69, 9.17) is 0 Å². The second-order valence-corrected chi connectivity index (χ2v) is 9.52. The van der Waals surface area contributed by atoms with Gasteiger partial charge in [0.2, 0.25) is 0 Å². The first-order chi connectivity index (χ1) is 16.5. The van der Waals surface area contributed by atoms with E-state index in [1.165, 1.54) is 0 Å². The number of fused-ring (bicyclic) bond motifs is 2. The third kappa shape index (κ3) is 4.95. The van der Waals surface area contributed by atoms with E-state index in [0.717, 1.165) is 25.2 Å². The van der Waals surface area contributed by atoms with Gasteiger partial charge in [-0.1, -0.05) is 56.3 Å². The Morgan fingerprint density at radius 3 is 2.38 bits per heavy atom. The zero-order valence-electron chi connectivity index (χ0n) is 19.5. The minimum absolute atomic E-state index is 0.213. The molecule has 7 heteroatoms. The van der Waals surface area contributed by atoms with E-state index < -0.39 is 10.8 Å². The first kappa shape index (κ1) is 23.9. The van der Waals surface area contributed by atoms with E-state index in [2.05, 4.69) is 24.1 Å². The normalized spacial score (nSPS) is 15.0. The summed E-state index contributed by atoms with van der Waals surface area (Å²) in [7, 11) is -1.54. The lowest BCUT2D eigenvalue weighted by Gasteiger charge is -2.24. The lowest BCUT2D eigenvalue weighted by atomic mass is 10.1. The van der Waals surface area contributed by atoms with Gasteiger partial charge in [0.25, 0.3) is 11.8 Å². The SMILES string of the molecule is CCN(CC)CCNC(=O)c1ccc2c(c1)N(Cc1ccccc1)C(=O)c1ccccc1S2=O. The first-order valence-corrected chi connectivity index (χ1v) is 12.7. The van der Waals surface area contributed by atoms with Gasteiger partial charge >= 0.3 is 0 Å². The molecule has 0 saturated carbocycles. The van der Waals surface area contributed by atoms with Crippen LogP contribution in [0.5, 0.6) is 0 Å². The van der Waals surface area contributed by atoms with E-state index in [9.17, 15) is 13.8 Å². The zero-order chi connectivity index (χ0) is 24.1. The van der Waals surface area contributed by atoms with Crippen LogP contribution in [0.25, 0.3) is 0 Å². The minimum Gasteiger partial charge on any atom is -0.351 e. The van der Waals surface area contributed by atoms with Gasteiger partial charge in [0.15, 0.2) is 0 Å². The molecule has 0 bridgehead atoms. The first-order valence-electron chi connectivity index (χ1n) is 11.5. The van der Waals surface area contributed by atoms with Crippen LogP contribution in [0, 0.1) is 0 Å². The van der Waals surface area contributed by atoms with Crippen molar-refractivity contribution in [1.82, 2.24) is 10.2 Å². The van der Waals surface area contributed by atoms with Crippen LogP contribution in [0.3, 0.4) is 0 Å². The Hall–Kier alpha value is -3.29. The smallest absolute Gasteiger partial charge is 0.259 e. The molecule has 0 fully saturated rings. The second kappa shape index (κ2) is 10.8. The number of carbonyl (C=O) groups excluding carboxylic acids is 2. The monoisotopic (exact) mass is 475 g/mol. The Morgan fingerprint density at radius 1 is 0.941 bits per heavy atom. The molecule has 3 aromatic rings. The molecule has 1 unspecified atom stereocenters. The Balaban J connectivity index is 1.70. The highest BCUT2D eigenvalue weighted by Gasteiger charge is 2.31. The maximum Gasteiger partial charge on any atom is 0.259 e. The number of carbonyl (C=O) groups is 2. The Labute approximate surface area is 203 Å². The van der Waals surface area contributed by atoms with Crippen molar-refractivity contribution in [3.63, 3.8) is 0 Å². The molecule has 1 aliphatic heterocycles. The summed E-state index contributed by atoms with van der Waals surface area (Å²) >= 11 is 0. The van der Waals surface area contributed by atoms with E-state index in [1.54, 1.807) is 47.4 Å². The van der Waals surface area contributed by atoms with Crippen molar-refractivity contribution in [2.24, 2.45) is 0 Å². The fourth-order valence-electron chi connectivity index (χ4n) is 4.10. The maximum absolute atomic E-state index is 13.6. The average molecular weight is 476 g/mol. The summed E-state index contributed by atoms with van der Waals surface area (Å²) in [6.45, 7) is 7.64. The van der Waals surface area contributed by atoms with Crippen LogP contribution in [0.15, 0.2) is 82.6 Å². The maximum atomic E-state index is 13.6. The van der Waals surface area contributed by atoms with Crippen LogP contribution in [-0.4, -0.2) is 47.1 Å². The zero-order valence-corrected chi connectivity index (χ0v) is 20.3. The Bertz CT molecular complexity index is 1210. The molecule has 1 heterocycles. The summed E-state index contributed by atoms with van der Waals surface area (Å²) in [6, 6.07) is 21.7. The van der Waals surface area contributed by atoms with Gasteiger partial charge in [0.1, 0.15) is 0 Å². The van der Waals surface area contributed by atoms with Crippen LogP contribution in [-0.2, 0) is 17.3 Å². The minimum atomic E-state index is -1.54. The third-order valence-corrected chi connectivity index (χ3v) is 7.57. The number of hydrogen-bond donors (Lipinski definition) is 1. The number of nitrogens with zero attached hydrogens (tertiary/aromatic N) is 2. The molecule has 176 valence electrons. The molecule has 1 aliphatic rings. The van der Waals surface area contributed by atoms with Crippen molar-refractivity contribution in [2.45, 2.75) is 30.2 Å². The van der Waals surface area contributed by atoms with Gasteiger partial charge in [-0.2, -0.15) is 0 Å². The van der Waals surface area contributed by atoms with E-state index in [-0.39, 0.29) is 11.8 Å². The summed E-state index contributed by atoms with van der Waals surface area (Å²) in [5.74, 6) is -0.444. The van der Waals surface area contributed by atoms with Gasteiger partial charge in [-0.25, -0.2) is 4.21 Å². The average Bonchev–Trinajstić information content (AvgIpc) is 2.96. The highest BCUT2D eigenvalue weighted by molar-refractivity contribution is 7.85. The van der Waals surface area contributed by atoms with Gasteiger partial charge < -0.3 is 15.1 Å². The standard InChI is InChI=1S/C27H29N3O3S/c1-3-29(4-2)17-16-28-26(31)21-14-15-25-23(18-21)30(19-20-10-6-5-7-11-20)27(32)22-12-8-9-13-24(22)34(25)33/h5-15,18H,3-4,16-17,19H2,1-2H3,(H,28,31). The number of anilines is 1. The summed E-state index contributed by atoms with van der Waals surface area (Å²) in [5.41, 5.74) is 2.30. The fraction of sp³-hybridized carbons (Fsp3) is 0.259. The third-order valence-electron chi connectivity index (χ3n) is 6.07. The second-order valence-electron chi connectivity index (χ2n) is 8.11. The molecule has 3 aromatic carbocycles. The van der Waals surface area contributed by atoms with Crippen molar-refractivity contribution >= 4 is 28.3 Å². The molecule has 0 radical (unpaired) electrons. The molecule has 1 N–H and O–H groups in total. The predicted octanol–water partition coefficient (Wildman–Crippen LogP) is 4.09. The Kier molecular flexibility index (Phi) is 7.55. The predicted molar refractivity (Wildman–Crippen MR) is 135 cm³/mol. The molecule has 0 aliphatic carbocycles. The van der Waals surface area contributed by atoms with Crippen LogP contribution in [0.4, 0.5) is 5.69 Å². The molecule has 0 spiro atoms. The fourth-order valence-corrected chi connectivity index (χ4v) is 5.44. The molecule has 6 nitrogen and oxygen atoms in total. The molecule has 1 atom stereocenters. The molecule has 0 saturated heterocycles. The van der Waals surface area contributed by atoms with Crippen molar-refractivity contribution in [2.75, 3.05) is 31.1 Å². The lowest BCUT2D eigenvalue weighted by Crippen LogP contribution is -2.35. The van der Waals surface area contributed by atoms with Crippen molar-refractivity contribution in [3.05, 3.63) is 89.5 Å². The molecule has 34 heavy (non-hydrogen) atoms. The molecular formula is C27H29N3O3S. The van der Waals surface area contributed by atoms with Crippen LogP contribution < -0.4 is 10.2 Å². The summed E-state index contributed by atoms with van der Waals surface area (Å²) in [5, 5.41) is 2.96. The van der Waals surface area contributed by atoms with Gasteiger partial charge in [-0.15, -0.1) is 0 Å². The quantitative estimate of drug-likeness (QED) is 0.533. The van der Waals surface area contributed by atoms with Gasteiger partial charge in [-0.3, -0.25) is 9.59 Å². The lowest BCUT2D eigenvalue weighted by molar-refractivity contribution is 0.0945. The number of rotatable bonds is 8. The number of benzene rings is 3. The van der Waals surface area contributed by atoms with Gasteiger partial charge in [0, 0.05) is 18.7 Å². The van der Waals surface area contributed by atoms with Gasteiger partial charge in [-0.05, 0) is 49.0 Å². The largest absolute Gasteiger partial charge is 0.351 e. The van der Waals surface area contributed by atoms with Crippen LogP contribution >= 0.6 is 0 Å². The highest BCUT2D eigenvalue weighted by Crippen LogP contribution is 2.36. The molecule has 2 amide bonds. The van der Waals surface area contributed by atoms with Crippen molar-refractivity contribution < 1.29 is 13.8 Å². The highest BCUT2D eigenvalue weighted by atomic mass is 32.2. The van der Waals surface area contributed by atoms with Crippen molar-refractivity contribution in [1.29, 1.82) is 0 Å². The van der Waals surface area contributed by atoms with Gasteiger partial charge in [0.05, 0.1) is 38.4 Å². The summed E-state index contributed by atoms with van der Waals surface area (Å²) < 4.78 is 13.5. The van der Waals surface area contributed by atoms with E-state index in [1.807, 2.05) is 30.3 Å². The number of hydrogen-bond acceptors (Lipinski definition) is 4. The summed E-state index contributed by atoms with van der Waals surface area (Å²) in [6.07, 6.45) is 0. The topological polar surface area (TPSA) is 69.7 Å². The van der Waals surface area contributed by atoms with Crippen LogP contribution in [0.1, 0.15) is 40.1 Å².